The van der Waals surface area contributed by atoms with Gasteiger partial charge in [0.2, 0.25) is 10.0 Å². The molecule has 0 aliphatic carbocycles. The summed E-state index contributed by atoms with van der Waals surface area (Å²) in [5, 5.41) is 0. The van der Waals surface area contributed by atoms with Crippen LogP contribution in [0.1, 0.15) is 24.8 Å². The number of unbranched alkanes of at least 4 members (excludes halogenated alkanes) is 1. The first kappa shape index (κ1) is 22.9. The second-order valence-electron chi connectivity index (χ2n) is 7.03. The number of ether oxygens (including phenoxy) is 1. The zero-order valence-electron chi connectivity index (χ0n) is 16.6. The molecule has 0 aromatic heterocycles. The molecule has 160 valence electrons. The third-order valence-corrected chi connectivity index (χ3v) is 7.51. The molecule has 8 heteroatoms. The van der Waals surface area contributed by atoms with Gasteiger partial charge in [0, 0.05) is 21.8 Å². The summed E-state index contributed by atoms with van der Waals surface area (Å²) in [7, 11) is -3.80. The van der Waals surface area contributed by atoms with Gasteiger partial charge in [-0.25, -0.2) is 13.2 Å². The third kappa shape index (κ3) is 6.11. The average molecular weight is 466 g/mol. The lowest BCUT2D eigenvalue weighted by atomic mass is 10.0. The van der Waals surface area contributed by atoms with E-state index in [0.29, 0.717) is 17.2 Å². The van der Waals surface area contributed by atoms with Crippen LogP contribution in [0.2, 0.25) is 0 Å². The van der Waals surface area contributed by atoms with E-state index in [-0.39, 0.29) is 4.90 Å². The smallest absolute Gasteiger partial charge is 0.331 e. The minimum atomic E-state index is -3.80. The number of carbonyl (C=O) groups excluding carboxylic acids is 1. The van der Waals surface area contributed by atoms with Crippen LogP contribution < -0.4 is 4.72 Å². The summed E-state index contributed by atoms with van der Waals surface area (Å²) in [6.45, 7) is 1.90. The number of cyclic esters (lactones) is 1. The highest BCUT2D eigenvalue weighted by Crippen LogP contribution is 2.35. The summed E-state index contributed by atoms with van der Waals surface area (Å²) < 4.78 is 34.4. The van der Waals surface area contributed by atoms with E-state index < -0.39 is 28.1 Å². The number of nitrogens with one attached hydrogen (secondary N) is 1. The van der Waals surface area contributed by atoms with Crippen LogP contribution in [0.25, 0.3) is 0 Å². The first-order chi connectivity index (χ1) is 14.4. The summed E-state index contributed by atoms with van der Waals surface area (Å²) in [6.07, 6.45) is 2.78. The van der Waals surface area contributed by atoms with Crippen molar-refractivity contribution in [1.29, 1.82) is 0 Å². The molecule has 0 saturated carbocycles. The SMILES string of the molecule is Cc1ccc(S(=O)(=O)N[C@H]2C(Sc3ccccc3)=CC(=O)O[C@@H]2CCCCCl)cc1. The number of benzene rings is 2. The second-order valence-corrected chi connectivity index (χ2v) is 10.3. The molecule has 0 saturated heterocycles. The Balaban J connectivity index is 1.90. The Morgan fingerprint density at radius 3 is 2.43 bits per heavy atom. The predicted molar refractivity (Wildman–Crippen MR) is 120 cm³/mol. The lowest BCUT2D eigenvalue weighted by molar-refractivity contribution is -0.145. The number of halogens is 1. The fourth-order valence-corrected chi connectivity index (χ4v) is 5.68. The Labute approximate surface area is 186 Å². The molecule has 0 bridgehead atoms. The van der Waals surface area contributed by atoms with Crippen molar-refractivity contribution >= 4 is 39.4 Å². The molecule has 5 nitrogen and oxygen atoms in total. The fraction of sp³-hybridized carbons (Fsp3) is 0.318. The lowest BCUT2D eigenvalue weighted by Gasteiger charge is -2.32. The maximum absolute atomic E-state index is 13.1. The summed E-state index contributed by atoms with van der Waals surface area (Å²) in [5.74, 6) is 0.0390. The Bertz CT molecular complexity index is 992. The van der Waals surface area contributed by atoms with Crippen molar-refractivity contribution in [2.75, 3.05) is 5.88 Å². The molecule has 1 aliphatic rings. The molecule has 0 radical (unpaired) electrons. The van der Waals surface area contributed by atoms with Gasteiger partial charge in [0.1, 0.15) is 6.10 Å². The van der Waals surface area contributed by atoms with Crippen molar-refractivity contribution in [2.24, 2.45) is 0 Å². The van der Waals surface area contributed by atoms with Gasteiger partial charge in [-0.3, -0.25) is 0 Å². The Hall–Kier alpha value is -1.80. The fourth-order valence-electron chi connectivity index (χ4n) is 3.11. The third-order valence-electron chi connectivity index (χ3n) is 4.67. The molecule has 0 spiro atoms. The van der Waals surface area contributed by atoms with E-state index in [0.717, 1.165) is 23.3 Å². The number of aryl methyl sites for hydroxylation is 1. The summed E-state index contributed by atoms with van der Waals surface area (Å²) in [5.41, 5.74) is 0.972. The van der Waals surface area contributed by atoms with Gasteiger partial charge in [-0.1, -0.05) is 47.7 Å². The van der Waals surface area contributed by atoms with Crippen molar-refractivity contribution in [3.63, 3.8) is 0 Å². The van der Waals surface area contributed by atoms with Gasteiger partial charge in [-0.15, -0.1) is 11.6 Å². The number of esters is 1. The van der Waals surface area contributed by atoms with Crippen LogP contribution in [0.15, 0.2) is 75.4 Å². The highest BCUT2D eigenvalue weighted by molar-refractivity contribution is 8.03. The van der Waals surface area contributed by atoms with Gasteiger partial charge in [-0.05, 0) is 50.5 Å². The van der Waals surface area contributed by atoms with E-state index in [1.54, 1.807) is 24.3 Å². The number of carbonyl (C=O) groups is 1. The number of sulfonamides is 1. The molecule has 1 heterocycles. The number of hydrogen-bond acceptors (Lipinski definition) is 5. The van der Waals surface area contributed by atoms with Crippen molar-refractivity contribution in [3.8, 4) is 0 Å². The lowest BCUT2D eigenvalue weighted by Crippen LogP contribution is -2.48. The first-order valence-corrected chi connectivity index (χ1v) is 12.5. The predicted octanol–water partition coefficient (Wildman–Crippen LogP) is 4.65. The highest BCUT2D eigenvalue weighted by atomic mass is 35.5. The van der Waals surface area contributed by atoms with Crippen molar-refractivity contribution in [3.05, 3.63) is 71.1 Å². The van der Waals surface area contributed by atoms with Gasteiger partial charge in [-0.2, -0.15) is 4.72 Å². The van der Waals surface area contributed by atoms with Crippen LogP contribution in [-0.2, 0) is 19.6 Å². The second kappa shape index (κ2) is 10.5. The monoisotopic (exact) mass is 465 g/mol. The van der Waals surface area contributed by atoms with Crippen LogP contribution in [0, 0.1) is 6.92 Å². The van der Waals surface area contributed by atoms with E-state index in [1.807, 2.05) is 37.3 Å². The molecule has 0 unspecified atom stereocenters. The maximum Gasteiger partial charge on any atom is 0.331 e. The van der Waals surface area contributed by atoms with E-state index in [2.05, 4.69) is 4.72 Å². The summed E-state index contributed by atoms with van der Waals surface area (Å²) in [4.78, 5) is 13.9. The van der Waals surface area contributed by atoms with Gasteiger partial charge in [0.25, 0.3) is 0 Å². The Morgan fingerprint density at radius 1 is 1.07 bits per heavy atom. The number of rotatable bonds is 9. The summed E-state index contributed by atoms with van der Waals surface area (Å²) in [6, 6.07) is 15.5. The first-order valence-electron chi connectivity index (χ1n) is 9.69. The molecule has 2 aromatic carbocycles. The van der Waals surface area contributed by atoms with E-state index in [4.69, 9.17) is 16.3 Å². The molecule has 30 heavy (non-hydrogen) atoms. The van der Waals surface area contributed by atoms with Gasteiger partial charge < -0.3 is 4.74 Å². The van der Waals surface area contributed by atoms with Crippen molar-refractivity contribution in [1.82, 2.24) is 4.72 Å². The molecular formula is C22H24ClNO4S2. The van der Waals surface area contributed by atoms with E-state index >= 15 is 0 Å². The minimum absolute atomic E-state index is 0.175. The molecule has 2 atom stereocenters. The quantitative estimate of drug-likeness (QED) is 0.331. The molecule has 1 N–H and O–H groups in total. The van der Waals surface area contributed by atoms with Crippen LogP contribution >= 0.6 is 23.4 Å². The molecule has 3 rings (SSSR count). The topological polar surface area (TPSA) is 72.5 Å². The van der Waals surface area contributed by atoms with Gasteiger partial charge >= 0.3 is 5.97 Å². The van der Waals surface area contributed by atoms with E-state index in [1.165, 1.54) is 17.8 Å². The average Bonchev–Trinajstić information content (AvgIpc) is 2.71. The van der Waals surface area contributed by atoms with Crippen LogP contribution in [0.4, 0.5) is 0 Å². The van der Waals surface area contributed by atoms with Gasteiger partial charge in [0.15, 0.2) is 0 Å². The zero-order chi connectivity index (χ0) is 21.6. The largest absolute Gasteiger partial charge is 0.457 e. The Morgan fingerprint density at radius 2 is 1.77 bits per heavy atom. The standard InChI is InChI=1S/C22H24ClNO4S2/c1-16-10-12-18(13-11-16)30(26,27)24-22-19(9-5-6-14-23)28-21(25)15-20(22)29-17-7-3-2-4-8-17/h2-4,7-8,10-13,15,19,22,24H,5-6,9,14H2,1H3/t19-,22-/m1/s1. The van der Waals surface area contributed by atoms with Crippen molar-refractivity contribution in [2.45, 2.75) is 48.1 Å². The molecule has 2 aromatic rings. The number of alkyl halides is 1. The van der Waals surface area contributed by atoms with Gasteiger partial charge in [0.05, 0.1) is 10.9 Å². The van der Waals surface area contributed by atoms with E-state index in [9.17, 15) is 13.2 Å². The van der Waals surface area contributed by atoms with Crippen LogP contribution in [-0.4, -0.2) is 32.4 Å². The minimum Gasteiger partial charge on any atom is -0.457 e. The van der Waals surface area contributed by atoms with Crippen LogP contribution in [0.3, 0.4) is 0 Å². The maximum atomic E-state index is 13.1. The van der Waals surface area contributed by atoms with Crippen LogP contribution in [0.5, 0.6) is 0 Å². The highest BCUT2D eigenvalue weighted by Gasteiger charge is 2.36. The zero-order valence-corrected chi connectivity index (χ0v) is 19.0. The molecule has 1 aliphatic heterocycles. The normalized spacial score (nSPS) is 19.3. The Kier molecular flexibility index (Phi) is 7.99. The number of thioether (sulfide) groups is 1. The molecule has 0 amide bonds. The van der Waals surface area contributed by atoms with Crippen molar-refractivity contribution < 1.29 is 17.9 Å². The molecular weight excluding hydrogens is 442 g/mol. The molecule has 0 fully saturated rings. The summed E-state index contributed by atoms with van der Waals surface area (Å²) >= 11 is 7.15. The number of hydrogen-bond donors (Lipinski definition) is 1.